The van der Waals surface area contributed by atoms with Crippen LogP contribution >= 0.6 is 23.1 Å². The maximum Gasteiger partial charge on any atom is 0.267 e. The number of benzene rings is 2. The van der Waals surface area contributed by atoms with Gasteiger partial charge in [-0.1, -0.05) is 30.0 Å². The summed E-state index contributed by atoms with van der Waals surface area (Å²) in [6.45, 7) is 8.66. The standard InChI is InChI=1S/C28H30N4O3S2/c1-4-35-21-12-10-20(11-13-21)32-27(34)25-22-14-15-31(18(2)3)16-23(22)37-26(25)30-28(32)36-17-24(33)29-19-8-6-5-7-9-19/h5-13,18H,4,14-17H2,1-3H3,(H,29,33). The van der Waals surface area contributed by atoms with Gasteiger partial charge in [0.25, 0.3) is 5.56 Å². The summed E-state index contributed by atoms with van der Waals surface area (Å²) >= 11 is 2.87. The fraction of sp³-hybridized carbons (Fsp3) is 0.321. The number of fused-ring (bicyclic) bond motifs is 3. The number of nitrogens with zero attached hydrogens (tertiary/aromatic N) is 3. The third-order valence-corrected chi connectivity index (χ3v) is 8.45. The molecule has 0 unspecified atom stereocenters. The van der Waals surface area contributed by atoms with Gasteiger partial charge in [0.05, 0.1) is 23.4 Å². The lowest BCUT2D eigenvalue weighted by Gasteiger charge is -2.30. The normalized spacial score (nSPS) is 13.6. The van der Waals surface area contributed by atoms with E-state index in [1.807, 2.05) is 61.5 Å². The minimum absolute atomic E-state index is 0.0874. The van der Waals surface area contributed by atoms with Crippen molar-refractivity contribution in [3.05, 3.63) is 75.4 Å². The van der Waals surface area contributed by atoms with Gasteiger partial charge in [-0.05, 0) is 69.2 Å². The molecule has 2 aromatic carbocycles. The lowest BCUT2D eigenvalue weighted by Crippen LogP contribution is -2.35. The minimum Gasteiger partial charge on any atom is -0.494 e. The second kappa shape index (κ2) is 11.1. The Hall–Kier alpha value is -3.14. The largest absolute Gasteiger partial charge is 0.494 e. The molecule has 0 atom stereocenters. The molecule has 0 aliphatic carbocycles. The van der Waals surface area contributed by atoms with Crippen molar-refractivity contribution < 1.29 is 9.53 Å². The molecule has 1 N–H and O–H groups in total. The smallest absolute Gasteiger partial charge is 0.267 e. The molecule has 0 bridgehead atoms. The monoisotopic (exact) mass is 534 g/mol. The van der Waals surface area contributed by atoms with Crippen LogP contribution in [0.4, 0.5) is 5.69 Å². The molecule has 7 nitrogen and oxygen atoms in total. The number of thiophene rings is 1. The second-order valence-corrected chi connectivity index (χ2v) is 11.2. The lowest BCUT2D eigenvalue weighted by atomic mass is 10.0. The zero-order valence-corrected chi connectivity index (χ0v) is 22.8. The number of hydrogen-bond acceptors (Lipinski definition) is 7. The summed E-state index contributed by atoms with van der Waals surface area (Å²) in [4.78, 5) is 36.0. The van der Waals surface area contributed by atoms with Crippen LogP contribution in [0, 0.1) is 0 Å². The highest BCUT2D eigenvalue weighted by molar-refractivity contribution is 7.99. The third kappa shape index (κ3) is 5.44. The molecule has 2 aromatic heterocycles. The van der Waals surface area contributed by atoms with Gasteiger partial charge in [0, 0.05) is 29.7 Å². The van der Waals surface area contributed by atoms with E-state index in [-0.39, 0.29) is 17.2 Å². The van der Waals surface area contributed by atoms with Gasteiger partial charge in [-0.2, -0.15) is 0 Å². The molecule has 1 amide bonds. The molecule has 37 heavy (non-hydrogen) atoms. The number of ether oxygens (including phenoxy) is 1. The summed E-state index contributed by atoms with van der Waals surface area (Å²) in [5.41, 5.74) is 2.47. The lowest BCUT2D eigenvalue weighted by molar-refractivity contribution is -0.113. The summed E-state index contributed by atoms with van der Waals surface area (Å²) in [7, 11) is 0. The SMILES string of the molecule is CCOc1ccc(-n2c(SCC(=O)Nc3ccccc3)nc3sc4c(c3c2=O)CCN(C(C)C)C4)cc1. The molecule has 0 fully saturated rings. The zero-order chi connectivity index (χ0) is 25.9. The maximum absolute atomic E-state index is 14.0. The summed E-state index contributed by atoms with van der Waals surface area (Å²) < 4.78 is 7.23. The van der Waals surface area contributed by atoms with E-state index in [2.05, 4.69) is 24.1 Å². The summed E-state index contributed by atoms with van der Waals surface area (Å²) in [5, 5.41) is 4.11. The van der Waals surface area contributed by atoms with Crippen LogP contribution in [0.5, 0.6) is 5.75 Å². The topological polar surface area (TPSA) is 76.5 Å². The fourth-order valence-electron chi connectivity index (χ4n) is 4.52. The first-order valence-electron chi connectivity index (χ1n) is 12.5. The molecular formula is C28H30N4O3S2. The number of amides is 1. The highest BCUT2D eigenvalue weighted by Crippen LogP contribution is 2.35. The minimum atomic E-state index is -0.151. The number of rotatable bonds is 8. The van der Waals surface area contributed by atoms with Crippen LogP contribution in [-0.4, -0.2) is 45.3 Å². The Balaban J connectivity index is 1.53. The van der Waals surface area contributed by atoms with Crippen molar-refractivity contribution in [2.45, 2.75) is 44.9 Å². The molecule has 9 heteroatoms. The highest BCUT2D eigenvalue weighted by Gasteiger charge is 2.26. The van der Waals surface area contributed by atoms with Crippen molar-refractivity contribution in [1.29, 1.82) is 0 Å². The van der Waals surface area contributed by atoms with E-state index in [9.17, 15) is 9.59 Å². The van der Waals surface area contributed by atoms with Crippen LogP contribution in [0.3, 0.4) is 0 Å². The van der Waals surface area contributed by atoms with Crippen molar-refractivity contribution in [2.75, 3.05) is 24.2 Å². The summed E-state index contributed by atoms with van der Waals surface area (Å²) in [6.07, 6.45) is 0.833. The van der Waals surface area contributed by atoms with Crippen LogP contribution in [-0.2, 0) is 17.8 Å². The quantitative estimate of drug-likeness (QED) is 0.243. The molecule has 0 spiro atoms. The Kier molecular flexibility index (Phi) is 7.64. The van der Waals surface area contributed by atoms with Crippen LogP contribution in [0.15, 0.2) is 64.5 Å². The molecule has 5 rings (SSSR count). The van der Waals surface area contributed by atoms with Crippen molar-refractivity contribution in [3.63, 3.8) is 0 Å². The number of carbonyl (C=O) groups is 1. The van der Waals surface area contributed by atoms with Crippen LogP contribution < -0.4 is 15.6 Å². The first kappa shape index (κ1) is 25.5. The average Bonchev–Trinajstić information content (AvgIpc) is 3.27. The van der Waals surface area contributed by atoms with Gasteiger partial charge >= 0.3 is 0 Å². The first-order chi connectivity index (χ1) is 17.9. The van der Waals surface area contributed by atoms with Crippen molar-refractivity contribution in [2.24, 2.45) is 0 Å². The Morgan fingerprint density at radius 3 is 2.62 bits per heavy atom. The molecule has 1 aliphatic rings. The predicted molar refractivity (Wildman–Crippen MR) is 151 cm³/mol. The number of thioether (sulfide) groups is 1. The molecule has 4 aromatic rings. The highest BCUT2D eigenvalue weighted by atomic mass is 32.2. The number of carbonyl (C=O) groups excluding carboxylic acids is 1. The van der Waals surface area contributed by atoms with E-state index in [4.69, 9.17) is 9.72 Å². The Morgan fingerprint density at radius 1 is 1.16 bits per heavy atom. The third-order valence-electron chi connectivity index (χ3n) is 6.40. The van der Waals surface area contributed by atoms with Gasteiger partial charge in [0.15, 0.2) is 5.16 Å². The van der Waals surface area contributed by atoms with E-state index in [0.29, 0.717) is 28.9 Å². The van der Waals surface area contributed by atoms with Crippen LogP contribution in [0.2, 0.25) is 0 Å². The molecule has 1 aliphatic heterocycles. The van der Waals surface area contributed by atoms with Crippen LogP contribution in [0.25, 0.3) is 15.9 Å². The van der Waals surface area contributed by atoms with Gasteiger partial charge < -0.3 is 10.1 Å². The number of aromatic nitrogens is 2. The van der Waals surface area contributed by atoms with Gasteiger partial charge in [-0.3, -0.25) is 19.1 Å². The molecule has 3 heterocycles. The molecular weight excluding hydrogens is 504 g/mol. The average molecular weight is 535 g/mol. The maximum atomic E-state index is 14.0. The summed E-state index contributed by atoms with van der Waals surface area (Å²) in [6, 6.07) is 17.2. The van der Waals surface area contributed by atoms with Crippen LogP contribution in [0.1, 0.15) is 31.2 Å². The van der Waals surface area contributed by atoms with Gasteiger partial charge in [-0.15, -0.1) is 11.3 Å². The summed E-state index contributed by atoms with van der Waals surface area (Å²) in [5.74, 6) is 0.726. The van der Waals surface area contributed by atoms with Gasteiger partial charge in [0.2, 0.25) is 5.91 Å². The van der Waals surface area contributed by atoms with Gasteiger partial charge in [-0.25, -0.2) is 4.98 Å². The predicted octanol–water partition coefficient (Wildman–Crippen LogP) is 5.34. The van der Waals surface area contributed by atoms with E-state index < -0.39 is 0 Å². The number of para-hydroxylation sites is 1. The Labute approximate surface area is 224 Å². The second-order valence-electron chi connectivity index (χ2n) is 9.16. The molecule has 0 radical (unpaired) electrons. The number of nitrogens with one attached hydrogen (secondary N) is 1. The number of hydrogen-bond donors (Lipinski definition) is 1. The number of anilines is 1. The Bertz CT molecular complexity index is 1460. The molecule has 0 saturated carbocycles. The Morgan fingerprint density at radius 2 is 1.92 bits per heavy atom. The van der Waals surface area contributed by atoms with E-state index in [1.54, 1.807) is 15.9 Å². The first-order valence-corrected chi connectivity index (χ1v) is 14.3. The van der Waals surface area contributed by atoms with Gasteiger partial charge in [0.1, 0.15) is 10.6 Å². The van der Waals surface area contributed by atoms with Crippen molar-refractivity contribution in [3.8, 4) is 11.4 Å². The molecule has 192 valence electrons. The van der Waals surface area contributed by atoms with Crippen molar-refractivity contribution in [1.82, 2.24) is 14.5 Å². The van der Waals surface area contributed by atoms with E-state index in [0.717, 1.165) is 41.3 Å². The zero-order valence-electron chi connectivity index (χ0n) is 21.2. The molecule has 0 saturated heterocycles. The fourth-order valence-corrected chi connectivity index (χ4v) is 6.61. The van der Waals surface area contributed by atoms with E-state index in [1.165, 1.54) is 16.6 Å². The van der Waals surface area contributed by atoms with Crippen molar-refractivity contribution >= 4 is 44.9 Å². The van der Waals surface area contributed by atoms with E-state index >= 15 is 0 Å².